The van der Waals surface area contributed by atoms with Crippen molar-refractivity contribution in [3.8, 4) is 0 Å². The van der Waals surface area contributed by atoms with Crippen molar-refractivity contribution in [1.29, 1.82) is 0 Å². The Labute approximate surface area is 168 Å². The van der Waals surface area contributed by atoms with Gasteiger partial charge in [-0.3, -0.25) is 14.5 Å². The summed E-state index contributed by atoms with van der Waals surface area (Å²) in [6.07, 6.45) is 0.933. The van der Waals surface area contributed by atoms with Crippen molar-refractivity contribution < 1.29 is 9.59 Å². The van der Waals surface area contributed by atoms with Gasteiger partial charge < -0.3 is 10.2 Å². The zero-order valence-corrected chi connectivity index (χ0v) is 17.4. The number of nitrogens with zero attached hydrogens (tertiary/aromatic N) is 2. The van der Waals surface area contributed by atoms with Gasteiger partial charge in [0.25, 0.3) is 5.91 Å². The second-order valence-corrected chi connectivity index (χ2v) is 7.25. The Morgan fingerprint density at radius 1 is 0.929 bits per heavy atom. The Morgan fingerprint density at radius 3 is 2.07 bits per heavy atom. The van der Waals surface area contributed by atoms with Crippen LogP contribution >= 0.6 is 0 Å². The van der Waals surface area contributed by atoms with Crippen LogP contribution in [0.2, 0.25) is 0 Å². The normalized spacial score (nSPS) is 10.8. The van der Waals surface area contributed by atoms with E-state index in [0.717, 1.165) is 24.1 Å². The maximum absolute atomic E-state index is 12.8. The van der Waals surface area contributed by atoms with Gasteiger partial charge in [-0.2, -0.15) is 0 Å². The zero-order chi connectivity index (χ0) is 20.5. The van der Waals surface area contributed by atoms with E-state index in [1.807, 2.05) is 41.1 Å². The molecule has 0 aliphatic carbocycles. The van der Waals surface area contributed by atoms with Crippen molar-refractivity contribution in [2.24, 2.45) is 0 Å². The minimum atomic E-state index is -0.0959. The predicted molar refractivity (Wildman–Crippen MR) is 113 cm³/mol. The molecule has 5 heteroatoms. The molecule has 0 aliphatic rings. The average molecular weight is 382 g/mol. The molecule has 0 saturated heterocycles. The third-order valence-corrected chi connectivity index (χ3v) is 4.64. The molecule has 0 heterocycles. The summed E-state index contributed by atoms with van der Waals surface area (Å²) in [6.45, 7) is 6.57. The van der Waals surface area contributed by atoms with Crippen LogP contribution in [0.1, 0.15) is 40.4 Å². The van der Waals surface area contributed by atoms with Crippen LogP contribution in [0.4, 0.5) is 0 Å². The third kappa shape index (κ3) is 6.50. The Bertz CT molecular complexity index is 769. The average Bonchev–Trinajstić information content (AvgIpc) is 2.69. The van der Waals surface area contributed by atoms with E-state index in [9.17, 15) is 9.59 Å². The largest absolute Gasteiger partial charge is 0.355 e. The summed E-state index contributed by atoms with van der Waals surface area (Å²) in [7, 11) is 3.56. The van der Waals surface area contributed by atoms with Gasteiger partial charge in [-0.15, -0.1) is 0 Å². The van der Waals surface area contributed by atoms with Gasteiger partial charge in [-0.05, 0) is 43.7 Å². The van der Waals surface area contributed by atoms with Crippen LogP contribution in [0.5, 0.6) is 0 Å². The molecule has 0 bridgehead atoms. The molecular formula is C23H31N3O2. The lowest BCUT2D eigenvalue weighted by molar-refractivity contribution is -0.132. The van der Waals surface area contributed by atoms with Crippen molar-refractivity contribution in [2.75, 3.05) is 27.2 Å². The lowest BCUT2D eigenvalue weighted by atomic mass is 10.1. The summed E-state index contributed by atoms with van der Waals surface area (Å²) in [5.41, 5.74) is 4.08. The Morgan fingerprint density at radius 2 is 1.50 bits per heavy atom. The number of carbonyl (C=O) groups excluding carboxylic acids is 2. The molecule has 2 rings (SSSR count). The predicted octanol–water partition coefficient (Wildman–Crippen LogP) is 3.23. The van der Waals surface area contributed by atoms with Crippen molar-refractivity contribution >= 4 is 11.8 Å². The summed E-state index contributed by atoms with van der Waals surface area (Å²) in [6, 6.07) is 15.8. The molecule has 150 valence electrons. The highest BCUT2D eigenvalue weighted by atomic mass is 16.2. The van der Waals surface area contributed by atoms with Gasteiger partial charge in [-0.25, -0.2) is 0 Å². The number of benzene rings is 2. The minimum Gasteiger partial charge on any atom is -0.355 e. The highest BCUT2D eigenvalue weighted by Gasteiger charge is 2.16. The molecule has 5 nitrogen and oxygen atoms in total. The minimum absolute atomic E-state index is 0.0959. The number of hydrogen-bond donors (Lipinski definition) is 1. The van der Waals surface area contributed by atoms with Gasteiger partial charge in [0.15, 0.2) is 0 Å². The number of hydrogen-bond acceptors (Lipinski definition) is 3. The smallest absolute Gasteiger partial charge is 0.251 e. The fourth-order valence-electron chi connectivity index (χ4n) is 3.08. The topological polar surface area (TPSA) is 52.7 Å². The van der Waals surface area contributed by atoms with Crippen LogP contribution in [0.3, 0.4) is 0 Å². The van der Waals surface area contributed by atoms with Crippen molar-refractivity contribution in [1.82, 2.24) is 15.1 Å². The first-order valence-corrected chi connectivity index (χ1v) is 9.75. The van der Waals surface area contributed by atoms with E-state index in [1.165, 1.54) is 5.56 Å². The van der Waals surface area contributed by atoms with E-state index in [2.05, 4.69) is 43.4 Å². The molecule has 2 aromatic carbocycles. The van der Waals surface area contributed by atoms with Crippen LogP contribution < -0.4 is 5.32 Å². The van der Waals surface area contributed by atoms with Crippen LogP contribution in [0, 0.1) is 6.92 Å². The molecule has 2 aromatic rings. The van der Waals surface area contributed by atoms with Crippen LogP contribution in [0.15, 0.2) is 48.5 Å². The molecular weight excluding hydrogens is 350 g/mol. The van der Waals surface area contributed by atoms with E-state index in [1.54, 1.807) is 7.05 Å². The Balaban J connectivity index is 1.94. The number of carbonyl (C=O) groups is 2. The first-order valence-electron chi connectivity index (χ1n) is 9.75. The maximum Gasteiger partial charge on any atom is 0.251 e. The molecule has 0 atom stereocenters. The first-order chi connectivity index (χ1) is 13.4. The highest BCUT2D eigenvalue weighted by Crippen LogP contribution is 2.10. The first kappa shape index (κ1) is 21.6. The van der Waals surface area contributed by atoms with E-state index in [4.69, 9.17) is 0 Å². The molecule has 0 fully saturated rings. The molecule has 0 radical (unpaired) electrons. The quantitative estimate of drug-likeness (QED) is 0.726. The zero-order valence-electron chi connectivity index (χ0n) is 17.4. The molecule has 0 saturated carbocycles. The van der Waals surface area contributed by atoms with Crippen molar-refractivity contribution in [2.45, 2.75) is 33.4 Å². The van der Waals surface area contributed by atoms with Gasteiger partial charge >= 0.3 is 0 Å². The summed E-state index contributed by atoms with van der Waals surface area (Å²) in [5, 5.41) is 2.62. The Hall–Kier alpha value is -2.66. The molecule has 0 aliphatic heterocycles. The number of amides is 2. The lowest BCUT2D eigenvalue weighted by Gasteiger charge is -2.25. The number of aryl methyl sites for hydroxylation is 1. The summed E-state index contributed by atoms with van der Waals surface area (Å²) >= 11 is 0. The van der Waals surface area contributed by atoms with Crippen molar-refractivity contribution in [3.63, 3.8) is 0 Å². The molecule has 0 spiro atoms. The SMILES string of the molecule is CCCN(Cc1ccc(C)cc1)C(=O)CN(C)Cc1ccc(C(=O)NC)cc1. The van der Waals surface area contributed by atoms with Gasteiger partial charge in [0, 0.05) is 32.2 Å². The molecule has 1 N–H and O–H groups in total. The number of nitrogens with one attached hydrogen (secondary N) is 1. The van der Waals surface area contributed by atoms with Crippen LogP contribution in [-0.4, -0.2) is 48.8 Å². The molecule has 28 heavy (non-hydrogen) atoms. The Kier molecular flexibility index (Phi) is 8.20. The van der Waals surface area contributed by atoms with Crippen LogP contribution in [-0.2, 0) is 17.9 Å². The molecule has 2 amide bonds. The molecule has 0 unspecified atom stereocenters. The van der Waals surface area contributed by atoms with Crippen LogP contribution in [0.25, 0.3) is 0 Å². The maximum atomic E-state index is 12.8. The monoisotopic (exact) mass is 381 g/mol. The van der Waals surface area contributed by atoms with Gasteiger partial charge in [0.05, 0.1) is 6.54 Å². The number of rotatable bonds is 9. The summed E-state index contributed by atoms with van der Waals surface area (Å²) < 4.78 is 0. The number of likely N-dealkylation sites (N-methyl/N-ethyl adjacent to an activating group) is 1. The standard InChI is InChI=1S/C23H31N3O2/c1-5-14-26(16-20-8-6-18(2)7-9-20)22(27)17-25(4)15-19-10-12-21(13-11-19)23(28)24-3/h6-13H,5,14-17H2,1-4H3,(H,24,28). The van der Waals surface area contributed by atoms with Gasteiger partial charge in [0.2, 0.25) is 5.91 Å². The van der Waals surface area contributed by atoms with E-state index < -0.39 is 0 Å². The summed E-state index contributed by atoms with van der Waals surface area (Å²) in [5.74, 6) is 0.0355. The third-order valence-electron chi connectivity index (χ3n) is 4.64. The van der Waals surface area contributed by atoms with Gasteiger partial charge in [-0.1, -0.05) is 48.9 Å². The summed E-state index contributed by atoms with van der Waals surface area (Å²) in [4.78, 5) is 28.4. The van der Waals surface area contributed by atoms with E-state index in [-0.39, 0.29) is 11.8 Å². The molecule has 0 aromatic heterocycles. The van der Waals surface area contributed by atoms with E-state index >= 15 is 0 Å². The van der Waals surface area contributed by atoms with Crippen molar-refractivity contribution in [3.05, 3.63) is 70.8 Å². The second-order valence-electron chi connectivity index (χ2n) is 7.25. The fourth-order valence-corrected chi connectivity index (χ4v) is 3.08. The van der Waals surface area contributed by atoms with Gasteiger partial charge in [0.1, 0.15) is 0 Å². The lowest BCUT2D eigenvalue weighted by Crippen LogP contribution is -2.38. The fraction of sp³-hybridized carbons (Fsp3) is 0.391. The van der Waals surface area contributed by atoms with E-state index in [0.29, 0.717) is 25.2 Å². The second kappa shape index (κ2) is 10.6. The highest BCUT2D eigenvalue weighted by molar-refractivity contribution is 5.93.